The summed E-state index contributed by atoms with van der Waals surface area (Å²) in [5.41, 5.74) is 0.362. The molecule has 7 nitrogen and oxygen atoms in total. The number of aromatic amines is 1. The average molecular weight is 233 g/mol. The smallest absolute Gasteiger partial charge is 0.347 e. The zero-order chi connectivity index (χ0) is 12.1. The summed E-state index contributed by atoms with van der Waals surface area (Å²) in [6.45, 7) is 0.314. The highest BCUT2D eigenvalue weighted by molar-refractivity contribution is 5.75. The summed E-state index contributed by atoms with van der Waals surface area (Å²) in [4.78, 5) is 26.3. The number of amides is 1. The molecule has 1 amide bonds. The molecule has 0 aromatic carbocycles. The number of aromatic nitrogens is 4. The van der Waals surface area contributed by atoms with Crippen LogP contribution in [0.2, 0.25) is 0 Å². The lowest BCUT2D eigenvalue weighted by atomic mass is 10.4. The lowest BCUT2D eigenvalue weighted by molar-refractivity contribution is -0.121. The molecule has 0 bridgehead atoms. The molecule has 0 radical (unpaired) electrons. The van der Waals surface area contributed by atoms with Crippen molar-refractivity contribution in [3.63, 3.8) is 0 Å². The van der Waals surface area contributed by atoms with E-state index in [0.29, 0.717) is 6.54 Å². The van der Waals surface area contributed by atoms with Gasteiger partial charge in [-0.3, -0.25) is 14.5 Å². The van der Waals surface area contributed by atoms with Crippen molar-refractivity contribution >= 4 is 5.91 Å². The maximum Gasteiger partial charge on any atom is 0.347 e. The Hall–Kier alpha value is -2.44. The largest absolute Gasteiger partial charge is 0.349 e. The number of nitrogens with zero attached hydrogens (tertiary/aromatic N) is 3. The van der Waals surface area contributed by atoms with Gasteiger partial charge >= 0.3 is 5.69 Å². The molecule has 88 valence electrons. The fourth-order valence-electron chi connectivity index (χ4n) is 1.29. The van der Waals surface area contributed by atoms with Crippen LogP contribution in [-0.2, 0) is 17.9 Å². The van der Waals surface area contributed by atoms with E-state index in [1.165, 1.54) is 17.0 Å². The van der Waals surface area contributed by atoms with E-state index in [1.54, 1.807) is 18.3 Å². The van der Waals surface area contributed by atoms with Gasteiger partial charge in [0.25, 0.3) is 0 Å². The van der Waals surface area contributed by atoms with E-state index in [4.69, 9.17) is 0 Å². The van der Waals surface area contributed by atoms with Gasteiger partial charge in [0.05, 0.1) is 12.2 Å². The molecule has 2 rings (SSSR count). The van der Waals surface area contributed by atoms with Crippen LogP contribution in [0.5, 0.6) is 0 Å². The van der Waals surface area contributed by atoms with Gasteiger partial charge in [-0.15, -0.1) is 0 Å². The first-order chi connectivity index (χ1) is 8.25. The van der Waals surface area contributed by atoms with Crippen LogP contribution in [0.3, 0.4) is 0 Å². The maximum atomic E-state index is 11.5. The first-order valence-corrected chi connectivity index (χ1v) is 5.02. The van der Waals surface area contributed by atoms with Crippen LogP contribution in [-0.4, -0.2) is 25.7 Å². The lowest BCUT2D eigenvalue weighted by Gasteiger charge is -2.05. The van der Waals surface area contributed by atoms with Crippen molar-refractivity contribution in [1.29, 1.82) is 0 Å². The van der Waals surface area contributed by atoms with Gasteiger partial charge in [-0.05, 0) is 12.1 Å². The van der Waals surface area contributed by atoms with Crippen LogP contribution in [0.4, 0.5) is 0 Å². The molecule has 0 unspecified atom stereocenters. The van der Waals surface area contributed by atoms with Gasteiger partial charge in [-0.2, -0.15) is 5.10 Å². The monoisotopic (exact) mass is 233 g/mol. The molecular weight excluding hydrogens is 222 g/mol. The summed E-state index contributed by atoms with van der Waals surface area (Å²) >= 11 is 0. The number of H-pyrrole nitrogens is 1. The van der Waals surface area contributed by atoms with E-state index < -0.39 is 5.69 Å². The molecule has 7 heteroatoms. The van der Waals surface area contributed by atoms with E-state index in [9.17, 15) is 9.59 Å². The van der Waals surface area contributed by atoms with E-state index in [1.807, 2.05) is 0 Å². The molecule has 2 N–H and O–H groups in total. The van der Waals surface area contributed by atoms with Crippen molar-refractivity contribution in [2.24, 2.45) is 0 Å². The molecule has 2 aromatic rings. The Kier molecular flexibility index (Phi) is 3.29. The number of carbonyl (C=O) groups excluding carboxylic acids is 1. The molecule has 0 saturated carbocycles. The summed E-state index contributed by atoms with van der Waals surface area (Å²) in [7, 11) is 0. The highest BCUT2D eigenvalue weighted by atomic mass is 16.2. The van der Waals surface area contributed by atoms with Crippen molar-refractivity contribution in [1.82, 2.24) is 25.1 Å². The number of carbonyl (C=O) groups is 1. The minimum Gasteiger partial charge on any atom is -0.349 e. The summed E-state index contributed by atoms with van der Waals surface area (Å²) in [6, 6.07) is 3.36. The Morgan fingerprint density at radius 3 is 3.06 bits per heavy atom. The Morgan fingerprint density at radius 2 is 2.35 bits per heavy atom. The zero-order valence-electron chi connectivity index (χ0n) is 8.96. The number of hydrogen-bond acceptors (Lipinski definition) is 4. The minimum absolute atomic E-state index is 0.0409. The summed E-state index contributed by atoms with van der Waals surface area (Å²) < 4.78 is 1.24. The summed E-state index contributed by atoms with van der Waals surface area (Å²) in [5, 5.41) is 9.14. The fraction of sp³-hybridized carbons (Fsp3) is 0.200. The Labute approximate surface area is 96.5 Å². The van der Waals surface area contributed by atoms with Crippen LogP contribution < -0.4 is 11.0 Å². The minimum atomic E-state index is -0.441. The van der Waals surface area contributed by atoms with Gasteiger partial charge in [0.2, 0.25) is 5.91 Å². The number of hydrogen-bond donors (Lipinski definition) is 2. The van der Waals surface area contributed by atoms with Crippen molar-refractivity contribution in [2.45, 2.75) is 13.1 Å². The fourth-order valence-corrected chi connectivity index (χ4v) is 1.29. The van der Waals surface area contributed by atoms with Gasteiger partial charge < -0.3 is 5.32 Å². The van der Waals surface area contributed by atoms with Crippen LogP contribution >= 0.6 is 0 Å². The molecule has 0 spiro atoms. The van der Waals surface area contributed by atoms with Gasteiger partial charge in [0, 0.05) is 18.6 Å². The molecule has 0 saturated heterocycles. The highest BCUT2D eigenvalue weighted by Gasteiger charge is 2.04. The van der Waals surface area contributed by atoms with Gasteiger partial charge in [0.15, 0.2) is 0 Å². The van der Waals surface area contributed by atoms with Crippen LogP contribution in [0.25, 0.3) is 0 Å². The molecule has 0 atom stereocenters. The van der Waals surface area contributed by atoms with E-state index in [2.05, 4.69) is 20.5 Å². The third kappa shape index (κ3) is 3.00. The third-order valence-corrected chi connectivity index (χ3v) is 2.13. The van der Waals surface area contributed by atoms with E-state index in [-0.39, 0.29) is 12.5 Å². The normalized spacial score (nSPS) is 10.1. The molecule has 2 aromatic heterocycles. The predicted octanol–water partition coefficient (Wildman–Crippen LogP) is -0.717. The highest BCUT2D eigenvalue weighted by Crippen LogP contribution is 1.90. The summed E-state index contributed by atoms with van der Waals surface area (Å²) in [5.74, 6) is -0.255. The Morgan fingerprint density at radius 1 is 1.47 bits per heavy atom. The van der Waals surface area contributed by atoms with Crippen LogP contribution in [0.15, 0.2) is 35.5 Å². The van der Waals surface area contributed by atoms with Crippen molar-refractivity contribution in [3.05, 3.63) is 46.9 Å². The topological polar surface area (TPSA) is 92.7 Å². The van der Waals surface area contributed by atoms with Crippen LogP contribution in [0.1, 0.15) is 5.69 Å². The van der Waals surface area contributed by atoms with Gasteiger partial charge in [-0.25, -0.2) is 9.78 Å². The second-order valence-corrected chi connectivity index (χ2v) is 3.39. The van der Waals surface area contributed by atoms with Gasteiger partial charge in [-0.1, -0.05) is 0 Å². The summed E-state index contributed by atoms with van der Waals surface area (Å²) in [6.07, 6.45) is 4.51. The molecule has 0 aliphatic rings. The first-order valence-electron chi connectivity index (χ1n) is 5.02. The Bertz CT molecular complexity index is 546. The number of rotatable bonds is 4. The predicted molar refractivity (Wildman–Crippen MR) is 58.9 cm³/mol. The quantitative estimate of drug-likeness (QED) is 0.729. The SMILES string of the molecule is O=C(Cn1cccnc1=O)NCc1ccn[nH]1. The lowest BCUT2D eigenvalue weighted by Crippen LogP contribution is -2.32. The molecule has 0 aliphatic heterocycles. The maximum absolute atomic E-state index is 11.5. The molecular formula is C10H11N5O2. The molecule has 2 heterocycles. The van der Waals surface area contributed by atoms with Crippen molar-refractivity contribution in [2.75, 3.05) is 0 Å². The first kappa shape index (κ1) is 11.1. The van der Waals surface area contributed by atoms with Gasteiger partial charge in [0.1, 0.15) is 6.54 Å². The van der Waals surface area contributed by atoms with E-state index >= 15 is 0 Å². The van der Waals surface area contributed by atoms with E-state index in [0.717, 1.165) is 5.69 Å². The average Bonchev–Trinajstić information content (AvgIpc) is 2.82. The third-order valence-electron chi connectivity index (χ3n) is 2.13. The van der Waals surface area contributed by atoms with Crippen molar-refractivity contribution in [3.8, 4) is 0 Å². The van der Waals surface area contributed by atoms with Crippen molar-refractivity contribution < 1.29 is 4.79 Å². The second-order valence-electron chi connectivity index (χ2n) is 3.39. The Balaban J connectivity index is 1.90. The van der Waals surface area contributed by atoms with Crippen LogP contribution in [0, 0.1) is 0 Å². The molecule has 17 heavy (non-hydrogen) atoms. The second kappa shape index (κ2) is 5.06. The molecule has 0 fully saturated rings. The standard InChI is InChI=1S/C10H11N5O2/c16-9(12-6-8-2-4-13-14-8)7-15-5-1-3-11-10(15)17/h1-5H,6-7H2,(H,12,16)(H,13,14). The zero-order valence-corrected chi connectivity index (χ0v) is 8.96. The number of nitrogens with one attached hydrogen (secondary N) is 2. The molecule has 0 aliphatic carbocycles.